The van der Waals surface area contributed by atoms with E-state index >= 15 is 0 Å². The second kappa shape index (κ2) is 6.24. The van der Waals surface area contributed by atoms with Crippen molar-refractivity contribution in [1.29, 1.82) is 0 Å². The summed E-state index contributed by atoms with van der Waals surface area (Å²) in [6.07, 6.45) is 3.11. The summed E-state index contributed by atoms with van der Waals surface area (Å²) in [7, 11) is 1.59. The lowest BCUT2D eigenvalue weighted by Gasteiger charge is -2.22. The van der Waals surface area contributed by atoms with Crippen molar-refractivity contribution in [3.63, 3.8) is 0 Å². The summed E-state index contributed by atoms with van der Waals surface area (Å²) in [6, 6.07) is 5.35. The number of benzene rings is 1. The average molecular weight is 289 g/mol. The molecule has 1 fully saturated rings. The van der Waals surface area contributed by atoms with E-state index in [2.05, 4.69) is 15.6 Å². The van der Waals surface area contributed by atoms with E-state index in [1.807, 2.05) is 18.2 Å². The Kier molecular flexibility index (Phi) is 4.17. The number of rotatable bonds is 4. The van der Waals surface area contributed by atoms with Gasteiger partial charge in [-0.1, -0.05) is 6.42 Å². The Bertz CT molecular complexity index is 632. The van der Waals surface area contributed by atoms with Crippen LogP contribution in [0.25, 0.3) is 11.1 Å². The van der Waals surface area contributed by atoms with Gasteiger partial charge in [-0.15, -0.1) is 0 Å². The van der Waals surface area contributed by atoms with Crippen molar-refractivity contribution in [2.75, 3.05) is 19.0 Å². The normalized spacial score (nSPS) is 18.8. The Morgan fingerprint density at radius 1 is 1.52 bits per heavy atom. The van der Waals surface area contributed by atoms with Crippen LogP contribution >= 0.6 is 0 Å². The number of carbonyl (C=O) groups is 1. The summed E-state index contributed by atoms with van der Waals surface area (Å²) in [6.45, 7) is 1.24. The molecule has 0 spiro atoms. The lowest BCUT2D eigenvalue weighted by Crippen LogP contribution is -2.43. The molecular formula is C15H19N3O3. The van der Waals surface area contributed by atoms with E-state index in [4.69, 9.17) is 9.15 Å². The Hall–Kier alpha value is -1.92. The molecule has 6 nitrogen and oxygen atoms in total. The number of carbonyl (C=O) groups excluding carboxylic acids is 1. The third-order valence-corrected chi connectivity index (χ3v) is 3.59. The fourth-order valence-corrected chi connectivity index (χ4v) is 2.54. The number of nitrogens with one attached hydrogen (secondary N) is 2. The van der Waals surface area contributed by atoms with Crippen LogP contribution in [0.3, 0.4) is 0 Å². The molecule has 1 aliphatic rings. The highest BCUT2D eigenvalue weighted by atomic mass is 16.5. The summed E-state index contributed by atoms with van der Waals surface area (Å²) >= 11 is 0. The molecule has 1 aliphatic heterocycles. The zero-order valence-electron chi connectivity index (χ0n) is 12.0. The first-order valence-corrected chi connectivity index (χ1v) is 7.19. The number of hydrogen-bond donors (Lipinski definition) is 2. The van der Waals surface area contributed by atoms with Crippen molar-refractivity contribution in [2.45, 2.75) is 31.9 Å². The van der Waals surface area contributed by atoms with E-state index in [0.29, 0.717) is 18.1 Å². The molecule has 0 radical (unpaired) electrons. The Morgan fingerprint density at radius 3 is 3.19 bits per heavy atom. The highest BCUT2D eigenvalue weighted by Gasteiger charge is 2.20. The van der Waals surface area contributed by atoms with Crippen molar-refractivity contribution in [3.8, 4) is 0 Å². The van der Waals surface area contributed by atoms with Gasteiger partial charge in [0.05, 0.1) is 6.04 Å². The van der Waals surface area contributed by atoms with Gasteiger partial charge >= 0.3 is 0 Å². The molecule has 1 atom stereocenters. The molecule has 6 heteroatoms. The smallest absolute Gasteiger partial charge is 0.241 e. The highest BCUT2D eigenvalue weighted by molar-refractivity contribution is 5.96. The number of amides is 1. The monoisotopic (exact) mass is 289 g/mol. The quantitative estimate of drug-likeness (QED) is 0.901. The van der Waals surface area contributed by atoms with Crippen LogP contribution < -0.4 is 10.6 Å². The minimum Gasteiger partial charge on any atom is -0.438 e. The van der Waals surface area contributed by atoms with Gasteiger partial charge in [-0.25, -0.2) is 4.98 Å². The molecule has 2 heterocycles. The van der Waals surface area contributed by atoms with Gasteiger partial charge < -0.3 is 19.8 Å². The number of anilines is 1. The first-order chi connectivity index (χ1) is 10.3. The molecule has 1 unspecified atom stereocenters. The number of methoxy groups -OCH3 is 1. The van der Waals surface area contributed by atoms with Crippen molar-refractivity contribution in [2.24, 2.45) is 0 Å². The second-order valence-electron chi connectivity index (χ2n) is 5.21. The maximum Gasteiger partial charge on any atom is 0.241 e. The SMILES string of the molecule is COCc1nc2cc(NC(=O)C3CCCCN3)ccc2o1. The second-order valence-corrected chi connectivity index (χ2v) is 5.21. The summed E-state index contributed by atoms with van der Waals surface area (Å²) < 4.78 is 10.5. The molecule has 21 heavy (non-hydrogen) atoms. The average Bonchev–Trinajstić information content (AvgIpc) is 2.90. The fraction of sp³-hybridized carbons (Fsp3) is 0.467. The number of aromatic nitrogens is 1. The van der Waals surface area contributed by atoms with Crippen LogP contribution in [0.15, 0.2) is 22.6 Å². The number of fused-ring (bicyclic) bond motifs is 1. The van der Waals surface area contributed by atoms with Crippen LogP contribution in [0.1, 0.15) is 25.2 Å². The summed E-state index contributed by atoms with van der Waals surface area (Å²) in [5.74, 6) is 0.541. The number of oxazole rings is 1. The maximum absolute atomic E-state index is 12.2. The number of nitrogens with zero attached hydrogens (tertiary/aromatic N) is 1. The lowest BCUT2D eigenvalue weighted by atomic mass is 10.0. The van der Waals surface area contributed by atoms with Gasteiger partial charge in [0.2, 0.25) is 11.8 Å². The van der Waals surface area contributed by atoms with E-state index in [9.17, 15) is 4.79 Å². The molecule has 112 valence electrons. The largest absolute Gasteiger partial charge is 0.438 e. The standard InChI is InChI=1S/C15H19N3O3/c1-20-9-14-18-12-8-10(5-6-13(12)21-14)17-15(19)11-4-2-3-7-16-11/h5-6,8,11,16H,2-4,7,9H2,1H3,(H,17,19). The maximum atomic E-state index is 12.2. The van der Waals surface area contributed by atoms with E-state index in [-0.39, 0.29) is 11.9 Å². The summed E-state index contributed by atoms with van der Waals surface area (Å²) in [5, 5.41) is 6.17. The molecule has 1 aromatic carbocycles. The molecule has 0 aliphatic carbocycles. The molecule has 1 amide bonds. The Morgan fingerprint density at radius 2 is 2.43 bits per heavy atom. The summed E-state index contributed by atoms with van der Waals surface area (Å²) in [5.41, 5.74) is 2.14. The third kappa shape index (κ3) is 3.22. The van der Waals surface area contributed by atoms with Gasteiger partial charge in [0.1, 0.15) is 12.1 Å². The van der Waals surface area contributed by atoms with Gasteiger partial charge in [0.25, 0.3) is 0 Å². The Balaban J connectivity index is 1.72. The Labute approximate surface area is 122 Å². The molecule has 2 N–H and O–H groups in total. The molecule has 1 saturated heterocycles. The summed E-state index contributed by atoms with van der Waals surface area (Å²) in [4.78, 5) is 16.5. The van der Waals surface area contributed by atoms with E-state index in [0.717, 1.165) is 37.0 Å². The van der Waals surface area contributed by atoms with Gasteiger partial charge in [0.15, 0.2) is 5.58 Å². The van der Waals surface area contributed by atoms with E-state index in [1.54, 1.807) is 7.11 Å². The first-order valence-electron chi connectivity index (χ1n) is 7.19. The number of piperidine rings is 1. The molecule has 3 rings (SSSR count). The van der Waals surface area contributed by atoms with Crippen molar-refractivity contribution < 1.29 is 13.9 Å². The van der Waals surface area contributed by atoms with Crippen LogP contribution in [0.5, 0.6) is 0 Å². The highest BCUT2D eigenvalue weighted by Crippen LogP contribution is 2.21. The van der Waals surface area contributed by atoms with E-state index in [1.165, 1.54) is 0 Å². The lowest BCUT2D eigenvalue weighted by molar-refractivity contribution is -0.118. The first kappa shape index (κ1) is 14.0. The molecular weight excluding hydrogens is 270 g/mol. The van der Waals surface area contributed by atoms with Crippen molar-refractivity contribution in [3.05, 3.63) is 24.1 Å². The number of hydrogen-bond acceptors (Lipinski definition) is 5. The van der Waals surface area contributed by atoms with Crippen molar-refractivity contribution in [1.82, 2.24) is 10.3 Å². The predicted molar refractivity (Wildman–Crippen MR) is 79.0 cm³/mol. The minimum atomic E-state index is -0.101. The molecule has 0 saturated carbocycles. The topological polar surface area (TPSA) is 76.4 Å². The van der Waals surface area contributed by atoms with Gasteiger partial charge in [-0.2, -0.15) is 0 Å². The zero-order chi connectivity index (χ0) is 14.7. The fourth-order valence-electron chi connectivity index (χ4n) is 2.54. The molecule has 2 aromatic rings. The van der Waals surface area contributed by atoms with Crippen LogP contribution in [0.4, 0.5) is 5.69 Å². The van der Waals surface area contributed by atoms with Crippen LogP contribution in [0.2, 0.25) is 0 Å². The van der Waals surface area contributed by atoms with Crippen LogP contribution in [0, 0.1) is 0 Å². The molecule has 1 aromatic heterocycles. The van der Waals surface area contributed by atoms with Crippen molar-refractivity contribution >= 4 is 22.7 Å². The van der Waals surface area contributed by atoms with Gasteiger partial charge in [0, 0.05) is 12.8 Å². The third-order valence-electron chi connectivity index (χ3n) is 3.59. The molecule has 0 bridgehead atoms. The van der Waals surface area contributed by atoms with E-state index < -0.39 is 0 Å². The number of ether oxygens (including phenoxy) is 1. The minimum absolute atomic E-state index is 0.00894. The van der Waals surface area contributed by atoms with Gasteiger partial charge in [-0.3, -0.25) is 4.79 Å². The zero-order valence-corrected chi connectivity index (χ0v) is 12.0. The van der Waals surface area contributed by atoms with Gasteiger partial charge in [-0.05, 0) is 37.6 Å². The van der Waals surface area contributed by atoms with Crippen LogP contribution in [-0.4, -0.2) is 30.6 Å². The van der Waals surface area contributed by atoms with Crippen LogP contribution in [-0.2, 0) is 16.1 Å². The predicted octanol–water partition coefficient (Wildman–Crippen LogP) is 2.05.